The summed E-state index contributed by atoms with van der Waals surface area (Å²) in [4.78, 5) is 41.0. The van der Waals surface area contributed by atoms with E-state index in [1.165, 1.54) is 25.0 Å². The standard InChI is InChI=1S/C20H17NO5/c1-2-25-20(24)16-8-7-14-17(21-16)15-9-12(26-10-11-3-4-11)5-6-13(15)18(22)19(14)23/h5-9,11H,2-4,10H2,1H3. The monoisotopic (exact) mass is 351 g/mol. The van der Waals surface area contributed by atoms with Crippen molar-refractivity contribution in [1.82, 2.24) is 4.98 Å². The van der Waals surface area contributed by atoms with E-state index in [0.717, 1.165) is 0 Å². The van der Waals surface area contributed by atoms with Crippen LogP contribution in [-0.4, -0.2) is 35.7 Å². The number of carbonyl (C=O) groups is 3. The van der Waals surface area contributed by atoms with E-state index in [1.54, 1.807) is 25.1 Å². The number of aromatic nitrogens is 1. The van der Waals surface area contributed by atoms with Crippen molar-refractivity contribution in [2.75, 3.05) is 13.2 Å². The van der Waals surface area contributed by atoms with Crippen LogP contribution in [0, 0.1) is 5.92 Å². The fourth-order valence-electron chi connectivity index (χ4n) is 2.92. The van der Waals surface area contributed by atoms with Crippen LogP contribution in [0.4, 0.5) is 0 Å². The molecule has 2 aromatic rings. The Kier molecular flexibility index (Phi) is 4.03. The second kappa shape index (κ2) is 6.37. The van der Waals surface area contributed by atoms with Crippen molar-refractivity contribution in [1.29, 1.82) is 0 Å². The maximum absolute atomic E-state index is 12.4. The van der Waals surface area contributed by atoms with Gasteiger partial charge in [-0.1, -0.05) is 0 Å². The van der Waals surface area contributed by atoms with E-state index < -0.39 is 17.5 Å². The first kappa shape index (κ1) is 16.4. The molecule has 26 heavy (non-hydrogen) atoms. The van der Waals surface area contributed by atoms with Gasteiger partial charge in [-0.25, -0.2) is 9.78 Å². The Labute approximate surface area is 150 Å². The third-order valence-electron chi connectivity index (χ3n) is 4.50. The Balaban J connectivity index is 1.77. The Hall–Kier alpha value is -3.02. The second-order valence-electron chi connectivity index (χ2n) is 6.43. The summed E-state index contributed by atoms with van der Waals surface area (Å²) in [5, 5.41) is 0. The molecule has 1 heterocycles. The van der Waals surface area contributed by atoms with E-state index in [1.807, 2.05) is 0 Å². The first-order valence-corrected chi connectivity index (χ1v) is 8.63. The third kappa shape index (κ3) is 2.87. The Morgan fingerprint density at radius 2 is 1.81 bits per heavy atom. The van der Waals surface area contributed by atoms with Gasteiger partial charge in [-0.05, 0) is 56.0 Å². The summed E-state index contributed by atoms with van der Waals surface area (Å²) < 4.78 is 10.7. The summed E-state index contributed by atoms with van der Waals surface area (Å²) >= 11 is 0. The third-order valence-corrected chi connectivity index (χ3v) is 4.50. The highest BCUT2D eigenvalue weighted by Gasteiger charge is 2.32. The van der Waals surface area contributed by atoms with Crippen LogP contribution in [0.15, 0.2) is 30.3 Å². The van der Waals surface area contributed by atoms with E-state index >= 15 is 0 Å². The molecule has 2 aliphatic carbocycles. The summed E-state index contributed by atoms with van der Waals surface area (Å²) in [5.41, 5.74) is 1.38. The van der Waals surface area contributed by atoms with Crippen LogP contribution in [0.1, 0.15) is 51.0 Å². The number of hydrogen-bond donors (Lipinski definition) is 0. The molecule has 6 nitrogen and oxygen atoms in total. The van der Waals surface area contributed by atoms with Crippen molar-refractivity contribution in [3.63, 3.8) is 0 Å². The van der Waals surface area contributed by atoms with Crippen LogP contribution in [-0.2, 0) is 4.74 Å². The molecule has 0 unspecified atom stereocenters. The number of esters is 1. The average molecular weight is 351 g/mol. The highest BCUT2D eigenvalue weighted by molar-refractivity contribution is 6.52. The molecule has 0 N–H and O–H groups in total. The van der Waals surface area contributed by atoms with E-state index in [-0.39, 0.29) is 23.4 Å². The number of nitrogens with zero attached hydrogens (tertiary/aromatic N) is 1. The maximum Gasteiger partial charge on any atom is 0.356 e. The molecule has 0 radical (unpaired) electrons. The van der Waals surface area contributed by atoms with Crippen molar-refractivity contribution < 1.29 is 23.9 Å². The van der Waals surface area contributed by atoms with E-state index in [2.05, 4.69) is 4.98 Å². The highest BCUT2D eigenvalue weighted by Crippen LogP contribution is 2.36. The molecular formula is C20H17NO5. The molecule has 0 aliphatic heterocycles. The van der Waals surface area contributed by atoms with Gasteiger partial charge in [-0.3, -0.25) is 9.59 Å². The number of hydrogen-bond acceptors (Lipinski definition) is 6. The van der Waals surface area contributed by atoms with Gasteiger partial charge >= 0.3 is 5.97 Å². The number of pyridine rings is 1. The van der Waals surface area contributed by atoms with Crippen LogP contribution >= 0.6 is 0 Å². The molecule has 0 spiro atoms. The zero-order valence-corrected chi connectivity index (χ0v) is 14.3. The number of benzene rings is 1. The highest BCUT2D eigenvalue weighted by atomic mass is 16.5. The molecule has 1 aromatic carbocycles. The van der Waals surface area contributed by atoms with Gasteiger partial charge in [0.05, 0.1) is 24.5 Å². The average Bonchev–Trinajstić information content (AvgIpc) is 3.48. The smallest absolute Gasteiger partial charge is 0.356 e. The molecule has 4 rings (SSSR count). The van der Waals surface area contributed by atoms with E-state index in [4.69, 9.17) is 9.47 Å². The maximum atomic E-state index is 12.4. The molecule has 0 amide bonds. The summed E-state index contributed by atoms with van der Waals surface area (Å²) in [7, 11) is 0. The van der Waals surface area contributed by atoms with Crippen LogP contribution in [0.5, 0.6) is 5.75 Å². The molecule has 0 atom stereocenters. The van der Waals surface area contributed by atoms with Crippen LogP contribution in [0.3, 0.4) is 0 Å². The Morgan fingerprint density at radius 1 is 1.08 bits per heavy atom. The minimum atomic E-state index is -0.623. The molecule has 1 fully saturated rings. The lowest BCUT2D eigenvalue weighted by Crippen LogP contribution is -2.23. The quantitative estimate of drug-likeness (QED) is 0.608. The first-order valence-electron chi connectivity index (χ1n) is 8.63. The number of rotatable bonds is 5. The number of carbonyl (C=O) groups excluding carboxylic acids is 3. The minimum Gasteiger partial charge on any atom is -0.493 e. The minimum absolute atomic E-state index is 0.100. The van der Waals surface area contributed by atoms with Gasteiger partial charge in [0.15, 0.2) is 0 Å². The van der Waals surface area contributed by atoms with Gasteiger partial charge in [-0.2, -0.15) is 0 Å². The van der Waals surface area contributed by atoms with Crippen molar-refractivity contribution >= 4 is 17.5 Å². The second-order valence-corrected chi connectivity index (χ2v) is 6.43. The van der Waals surface area contributed by atoms with Crippen molar-refractivity contribution in [3.05, 3.63) is 47.2 Å². The van der Waals surface area contributed by atoms with Crippen molar-refractivity contribution in [2.24, 2.45) is 5.92 Å². The lowest BCUT2D eigenvalue weighted by Gasteiger charge is -2.18. The van der Waals surface area contributed by atoms with Crippen molar-refractivity contribution in [3.8, 4) is 17.0 Å². The summed E-state index contributed by atoms with van der Waals surface area (Å²) in [6.07, 6.45) is 2.34. The predicted octanol–water partition coefficient (Wildman–Crippen LogP) is 3.09. The molecule has 2 aliphatic rings. The van der Waals surface area contributed by atoms with E-state index in [0.29, 0.717) is 29.5 Å². The normalized spacial score (nSPS) is 15.3. The largest absolute Gasteiger partial charge is 0.493 e. The van der Waals surface area contributed by atoms with Crippen LogP contribution < -0.4 is 4.74 Å². The van der Waals surface area contributed by atoms with Gasteiger partial charge < -0.3 is 9.47 Å². The summed E-state index contributed by atoms with van der Waals surface area (Å²) in [5.74, 6) is -0.557. The van der Waals surface area contributed by atoms with Gasteiger partial charge in [-0.15, -0.1) is 0 Å². The molecular weight excluding hydrogens is 334 g/mol. The molecule has 0 saturated heterocycles. The number of ether oxygens (including phenoxy) is 2. The lowest BCUT2D eigenvalue weighted by atomic mass is 9.87. The number of Topliss-reactive ketones (excluding diaryl/α,β-unsaturated/α-hetero) is 2. The Morgan fingerprint density at radius 3 is 2.54 bits per heavy atom. The molecule has 6 heteroatoms. The molecule has 0 bridgehead atoms. The zero-order chi connectivity index (χ0) is 18.3. The van der Waals surface area contributed by atoms with E-state index in [9.17, 15) is 14.4 Å². The molecule has 1 saturated carbocycles. The zero-order valence-electron chi connectivity index (χ0n) is 14.3. The Bertz CT molecular complexity index is 930. The van der Waals surface area contributed by atoms with Gasteiger partial charge in [0.1, 0.15) is 11.4 Å². The van der Waals surface area contributed by atoms with Crippen LogP contribution in [0.25, 0.3) is 11.3 Å². The molecule has 132 valence electrons. The number of fused-ring (bicyclic) bond motifs is 3. The number of ketones is 2. The predicted molar refractivity (Wildman–Crippen MR) is 92.5 cm³/mol. The molecule has 1 aromatic heterocycles. The topological polar surface area (TPSA) is 82.6 Å². The first-order chi connectivity index (χ1) is 12.6. The fourth-order valence-corrected chi connectivity index (χ4v) is 2.92. The van der Waals surface area contributed by atoms with Crippen LogP contribution in [0.2, 0.25) is 0 Å². The lowest BCUT2D eigenvalue weighted by molar-refractivity contribution is 0.0519. The fraction of sp³-hybridized carbons (Fsp3) is 0.300. The SMILES string of the molecule is CCOC(=O)c1ccc2c(n1)-c1cc(OCC3CC3)ccc1C(=O)C2=O. The van der Waals surface area contributed by atoms with Gasteiger partial charge in [0, 0.05) is 11.1 Å². The summed E-state index contributed by atoms with van der Waals surface area (Å²) in [6.45, 7) is 2.57. The van der Waals surface area contributed by atoms with Crippen molar-refractivity contribution in [2.45, 2.75) is 19.8 Å². The summed E-state index contributed by atoms with van der Waals surface area (Å²) in [6, 6.07) is 7.84. The van der Waals surface area contributed by atoms with Gasteiger partial charge in [0.25, 0.3) is 0 Å². The van der Waals surface area contributed by atoms with Gasteiger partial charge in [0.2, 0.25) is 11.6 Å².